The summed E-state index contributed by atoms with van der Waals surface area (Å²) in [6, 6.07) is 0. The maximum atomic E-state index is 6.03. The third kappa shape index (κ3) is 1.55. The molecule has 0 radical (unpaired) electrons. The van der Waals surface area contributed by atoms with E-state index in [1.165, 1.54) is 25.7 Å². The summed E-state index contributed by atoms with van der Waals surface area (Å²) in [6.07, 6.45) is 5.05. The molecule has 0 aromatic rings. The van der Waals surface area contributed by atoms with E-state index in [9.17, 15) is 0 Å². The lowest BCUT2D eigenvalue weighted by molar-refractivity contribution is -0.161. The minimum absolute atomic E-state index is 0.159. The fourth-order valence-corrected chi connectivity index (χ4v) is 3.96. The molecule has 14 heavy (non-hydrogen) atoms. The summed E-state index contributed by atoms with van der Waals surface area (Å²) in [4.78, 5) is 0.662. The molecule has 1 heterocycles. The van der Waals surface area contributed by atoms with Gasteiger partial charge in [-0.15, -0.1) is 0 Å². The van der Waals surface area contributed by atoms with Crippen LogP contribution in [-0.2, 0) is 4.74 Å². The highest BCUT2D eigenvalue weighted by molar-refractivity contribution is 9.09. The van der Waals surface area contributed by atoms with Gasteiger partial charge in [-0.05, 0) is 43.9 Å². The van der Waals surface area contributed by atoms with Crippen molar-refractivity contribution < 1.29 is 4.74 Å². The van der Waals surface area contributed by atoms with E-state index >= 15 is 0 Å². The van der Waals surface area contributed by atoms with Gasteiger partial charge in [-0.1, -0.05) is 29.8 Å². The first-order valence-electron chi connectivity index (χ1n) is 5.75. The van der Waals surface area contributed by atoms with E-state index in [4.69, 9.17) is 4.74 Å². The predicted octanol–water partition coefficient (Wildman–Crippen LogP) is 3.76. The van der Waals surface area contributed by atoms with Crippen molar-refractivity contribution >= 4 is 15.9 Å². The van der Waals surface area contributed by atoms with E-state index in [2.05, 4.69) is 36.7 Å². The molecule has 0 spiro atoms. The molecule has 1 saturated carbocycles. The van der Waals surface area contributed by atoms with Crippen LogP contribution in [0.15, 0.2) is 0 Å². The third-order valence-corrected chi connectivity index (χ3v) is 6.04. The van der Waals surface area contributed by atoms with Crippen LogP contribution in [0.3, 0.4) is 0 Å². The van der Waals surface area contributed by atoms with Gasteiger partial charge in [0.05, 0.1) is 5.60 Å². The second-order valence-electron chi connectivity index (χ2n) is 5.68. The normalized spacial score (nSPS) is 47.1. The minimum atomic E-state index is 0.159. The Morgan fingerprint density at radius 2 is 1.93 bits per heavy atom. The highest BCUT2D eigenvalue weighted by atomic mass is 79.9. The molecular formula is C12H21BrO. The van der Waals surface area contributed by atoms with Crippen LogP contribution in [-0.4, -0.2) is 17.0 Å². The lowest BCUT2D eigenvalue weighted by atomic mass is 9.59. The van der Waals surface area contributed by atoms with Gasteiger partial charge in [-0.3, -0.25) is 0 Å². The first-order chi connectivity index (χ1) is 6.47. The first kappa shape index (κ1) is 10.9. The summed E-state index contributed by atoms with van der Waals surface area (Å²) < 4.78 is 6.03. The number of halogens is 1. The van der Waals surface area contributed by atoms with Crippen LogP contribution in [0.4, 0.5) is 0 Å². The standard InChI is InChI=1S/C12H21BrO/c1-11(2)9-5-4-8-14-12(9,3)7-6-10(11)13/h9-10H,4-8H2,1-3H3/t9-,10-,12-/m0/s1. The molecule has 2 aliphatic rings. The Morgan fingerprint density at radius 1 is 1.21 bits per heavy atom. The molecule has 0 aromatic heterocycles. The number of rotatable bonds is 0. The van der Waals surface area contributed by atoms with E-state index in [0.29, 0.717) is 10.2 Å². The van der Waals surface area contributed by atoms with E-state index in [1.807, 2.05) is 0 Å². The van der Waals surface area contributed by atoms with Gasteiger partial charge in [-0.25, -0.2) is 0 Å². The zero-order valence-corrected chi connectivity index (χ0v) is 11.1. The highest BCUT2D eigenvalue weighted by Crippen LogP contribution is 2.53. The first-order valence-corrected chi connectivity index (χ1v) is 6.66. The smallest absolute Gasteiger partial charge is 0.0688 e. The Bertz CT molecular complexity index is 222. The molecule has 1 nitrogen and oxygen atoms in total. The third-order valence-electron chi connectivity index (χ3n) is 4.41. The van der Waals surface area contributed by atoms with Crippen LogP contribution in [0.5, 0.6) is 0 Å². The van der Waals surface area contributed by atoms with Gasteiger partial charge in [0.25, 0.3) is 0 Å². The lowest BCUT2D eigenvalue weighted by Gasteiger charge is -2.55. The number of fused-ring (bicyclic) bond motifs is 1. The summed E-state index contributed by atoms with van der Waals surface area (Å²) in [6.45, 7) is 8.07. The predicted molar refractivity (Wildman–Crippen MR) is 62.8 cm³/mol. The van der Waals surface area contributed by atoms with E-state index in [0.717, 1.165) is 12.5 Å². The molecular weight excluding hydrogens is 240 g/mol. The Morgan fingerprint density at radius 3 is 2.64 bits per heavy atom. The maximum absolute atomic E-state index is 6.03. The summed E-state index contributed by atoms with van der Waals surface area (Å²) in [7, 11) is 0. The van der Waals surface area contributed by atoms with Crippen molar-refractivity contribution in [3.8, 4) is 0 Å². The molecule has 82 valence electrons. The fraction of sp³-hybridized carbons (Fsp3) is 1.00. The van der Waals surface area contributed by atoms with Crippen LogP contribution in [0, 0.1) is 11.3 Å². The molecule has 1 aliphatic heterocycles. The summed E-state index contributed by atoms with van der Waals surface area (Å²) in [5.41, 5.74) is 0.541. The number of hydrogen-bond acceptors (Lipinski definition) is 1. The monoisotopic (exact) mass is 260 g/mol. The number of hydrogen-bond donors (Lipinski definition) is 0. The average molecular weight is 261 g/mol. The van der Waals surface area contributed by atoms with E-state index in [-0.39, 0.29) is 5.60 Å². The topological polar surface area (TPSA) is 9.23 Å². The Balaban J connectivity index is 2.26. The van der Waals surface area contributed by atoms with E-state index in [1.54, 1.807) is 0 Å². The highest BCUT2D eigenvalue weighted by Gasteiger charge is 2.52. The Kier molecular flexibility index (Phi) is 2.72. The molecule has 2 fully saturated rings. The minimum Gasteiger partial charge on any atom is -0.375 e. The van der Waals surface area contributed by atoms with Crippen molar-refractivity contribution in [3.63, 3.8) is 0 Å². The number of alkyl halides is 1. The average Bonchev–Trinajstić information content (AvgIpc) is 2.13. The van der Waals surface area contributed by atoms with Crippen molar-refractivity contribution in [2.75, 3.05) is 6.61 Å². The van der Waals surface area contributed by atoms with Crippen LogP contribution < -0.4 is 0 Å². The van der Waals surface area contributed by atoms with Gasteiger partial charge in [0.2, 0.25) is 0 Å². The van der Waals surface area contributed by atoms with Crippen LogP contribution in [0.1, 0.15) is 46.5 Å². The van der Waals surface area contributed by atoms with Crippen LogP contribution >= 0.6 is 15.9 Å². The van der Waals surface area contributed by atoms with Crippen molar-refractivity contribution in [3.05, 3.63) is 0 Å². The summed E-state index contributed by atoms with van der Waals surface area (Å²) >= 11 is 3.84. The van der Waals surface area contributed by atoms with Gasteiger partial charge in [0.1, 0.15) is 0 Å². The fourth-order valence-electron chi connectivity index (χ4n) is 3.41. The Hall–Kier alpha value is 0.440. The van der Waals surface area contributed by atoms with Crippen molar-refractivity contribution in [2.45, 2.75) is 56.9 Å². The molecule has 0 aromatic carbocycles. The zero-order chi connectivity index (χ0) is 10.4. The molecule has 0 amide bonds. The van der Waals surface area contributed by atoms with Crippen molar-refractivity contribution in [1.29, 1.82) is 0 Å². The molecule has 3 atom stereocenters. The SMILES string of the molecule is CC1(C)[C@@H](Br)CC[C@]2(C)OCCC[C@@H]12. The second kappa shape index (κ2) is 3.48. The summed E-state index contributed by atoms with van der Waals surface area (Å²) in [5, 5.41) is 0. The molecule has 0 unspecified atom stereocenters. The van der Waals surface area contributed by atoms with Crippen molar-refractivity contribution in [2.24, 2.45) is 11.3 Å². The van der Waals surface area contributed by atoms with Crippen molar-refractivity contribution in [1.82, 2.24) is 0 Å². The van der Waals surface area contributed by atoms with E-state index < -0.39 is 0 Å². The van der Waals surface area contributed by atoms with Gasteiger partial charge < -0.3 is 4.74 Å². The maximum Gasteiger partial charge on any atom is 0.0688 e. The van der Waals surface area contributed by atoms with Gasteiger partial charge >= 0.3 is 0 Å². The lowest BCUT2D eigenvalue weighted by Crippen LogP contribution is -2.55. The largest absolute Gasteiger partial charge is 0.375 e. The molecule has 0 N–H and O–H groups in total. The quantitative estimate of drug-likeness (QED) is 0.603. The number of ether oxygens (including phenoxy) is 1. The zero-order valence-electron chi connectivity index (χ0n) is 9.48. The Labute approximate surface area is 95.7 Å². The van der Waals surface area contributed by atoms with Crippen LogP contribution in [0.2, 0.25) is 0 Å². The molecule has 2 rings (SSSR count). The molecule has 0 bridgehead atoms. The van der Waals surface area contributed by atoms with Gasteiger partial charge in [-0.2, -0.15) is 0 Å². The second-order valence-corrected chi connectivity index (χ2v) is 6.79. The summed E-state index contributed by atoms with van der Waals surface area (Å²) in [5.74, 6) is 0.724. The van der Waals surface area contributed by atoms with Crippen LogP contribution in [0.25, 0.3) is 0 Å². The molecule has 1 saturated heterocycles. The molecule has 1 aliphatic carbocycles. The van der Waals surface area contributed by atoms with Gasteiger partial charge in [0.15, 0.2) is 0 Å². The molecule has 2 heteroatoms. The van der Waals surface area contributed by atoms with Gasteiger partial charge in [0, 0.05) is 11.4 Å².